The predicted molar refractivity (Wildman–Crippen MR) is 563 cm³/mol. The van der Waals surface area contributed by atoms with E-state index in [2.05, 4.69) is 99.2 Å². The van der Waals surface area contributed by atoms with Crippen molar-refractivity contribution in [2.45, 2.75) is 150 Å². The summed E-state index contributed by atoms with van der Waals surface area (Å²) < 4.78 is 38.4. The molecule has 142 heavy (non-hydrogen) atoms. The van der Waals surface area contributed by atoms with Crippen LogP contribution < -0.4 is 75.8 Å². The summed E-state index contributed by atoms with van der Waals surface area (Å²) >= 11 is 7.49. The van der Waals surface area contributed by atoms with Gasteiger partial charge in [-0.1, -0.05) is 120 Å². The minimum absolute atomic E-state index is 0.101. The van der Waals surface area contributed by atoms with Gasteiger partial charge in [0.05, 0.1) is 82.0 Å². The summed E-state index contributed by atoms with van der Waals surface area (Å²) in [7, 11) is 1.62. The number of hydrogen-bond donors (Lipinski definition) is 12. The largest absolute Gasteiger partial charge is 0.497 e. The highest BCUT2D eigenvalue weighted by Crippen LogP contribution is 2.42. The number of amides is 6. The maximum atomic E-state index is 14.0. The number of benzene rings is 6. The number of fused-ring (bicyclic) bond motifs is 7. The number of carbonyl (C=O) groups is 6. The van der Waals surface area contributed by atoms with Crippen molar-refractivity contribution < 1.29 is 47.0 Å². The molecular formula is C102H104F2N24O8S6. The number of aromatic nitrogens is 12. The van der Waals surface area contributed by atoms with Crippen LogP contribution in [0.5, 0.6) is 11.5 Å². The summed E-state index contributed by atoms with van der Waals surface area (Å²) in [4.78, 5) is 81.5. The van der Waals surface area contributed by atoms with Gasteiger partial charge in [0, 0.05) is 89.1 Å². The van der Waals surface area contributed by atoms with Gasteiger partial charge in [-0.25, -0.2) is 8.78 Å². The maximum Gasteiger partial charge on any atom is 0.263 e. The van der Waals surface area contributed by atoms with Crippen molar-refractivity contribution in [2.24, 2.45) is 0 Å². The molecule has 1 aliphatic rings. The number of methoxy groups -OCH3 is 1. The Morgan fingerprint density at radius 1 is 0.324 bits per heavy atom. The Bertz CT molecular complexity index is 7810. The Morgan fingerprint density at radius 2 is 0.627 bits per heavy atom. The second-order valence-corrected chi connectivity index (χ2v) is 39.7. The lowest BCUT2D eigenvalue weighted by atomic mass is 10.1. The van der Waals surface area contributed by atoms with Gasteiger partial charge in [0.1, 0.15) is 81.4 Å². The van der Waals surface area contributed by atoms with Gasteiger partial charge < -0.3 is 75.8 Å². The first kappa shape index (κ1) is 103. The molecule has 32 nitrogen and oxygen atoms in total. The standard InChI is InChI=1S/C18H18N4O2S.2C17H17FN4OS.C17H18N4O2S.C17H18N4OS.C16H16N4OS/c1-9-10(2)21-22-18-14(9)15(19)16(25-18)17(23)20-8-11-3-4-13-12(7-11)5-6-24-13;1-8-4-5-12(18)11(6-8)7-20-16(23)15-14(19)13-9(2)10(3)21-22-17(13)24-15;1-8-5-4-6-11(13(8)18)7-20-16(23)15-14(19)12-9(2)10(3)21-22-17(12)24-15;1-9-10(2)20-21-17-13(9)14(18)15(24-17)16(22)19-8-11-4-6-12(23-3)7-5-11;1-9-5-4-6-12(7-9)8-19-16(22)15-14(18)13-10(2)11(3)20-21-17(13)23-15;1-9-10(2)19-20-16-12(9)13(17)14(22-16)15(21)18-8-11-6-4-3-5-7-11/h3-4,7H,5-6,8,19H2,1-2H3,(H,20,23);2*4-6H,7,19H2,1-3H3,(H,20,23);4-7H,8,18H2,1-3H3,(H,19,22);4-7H,8,18H2,1-3H3,(H,19,22);3-7H,8,17H2,1-2H3,(H,18,21). The van der Waals surface area contributed by atoms with Crippen LogP contribution in [0.1, 0.15) is 181 Å². The fraction of sp³-hybridized carbons (Fsp3) is 0.235. The molecule has 0 radical (unpaired) electrons. The molecule has 0 unspecified atom stereocenters. The molecule has 0 fully saturated rings. The molecule has 6 aromatic carbocycles. The normalized spacial score (nSPS) is 11.3. The highest BCUT2D eigenvalue weighted by molar-refractivity contribution is 7.23. The molecule has 18 N–H and O–H groups in total. The molecule has 12 aromatic heterocycles. The Kier molecular flexibility index (Phi) is 32.4. The lowest BCUT2D eigenvalue weighted by molar-refractivity contribution is 0.0947. The summed E-state index contributed by atoms with van der Waals surface area (Å²) in [5.41, 5.74) is 59.1. The molecule has 0 spiro atoms. The average molecular weight is 2020 g/mol. The lowest BCUT2D eigenvalue weighted by Gasteiger charge is -2.07. The van der Waals surface area contributed by atoms with Crippen LogP contribution in [0.15, 0.2) is 133 Å². The van der Waals surface area contributed by atoms with Crippen molar-refractivity contribution in [3.8, 4) is 11.5 Å². The number of nitrogens with zero attached hydrogens (tertiary/aromatic N) is 12. The van der Waals surface area contributed by atoms with Gasteiger partial charge in [0.15, 0.2) is 0 Å². The zero-order valence-corrected chi connectivity index (χ0v) is 85.6. The number of rotatable bonds is 19. The number of nitrogens with one attached hydrogen (secondary N) is 6. The van der Waals surface area contributed by atoms with Crippen molar-refractivity contribution in [1.29, 1.82) is 0 Å². The fourth-order valence-electron chi connectivity index (χ4n) is 15.2. The molecule has 730 valence electrons. The number of nitrogen functional groups attached to an aromatic ring is 6. The van der Waals surface area contributed by atoms with Crippen molar-refractivity contribution in [3.63, 3.8) is 0 Å². The van der Waals surface area contributed by atoms with E-state index in [0.717, 1.165) is 152 Å². The van der Waals surface area contributed by atoms with Crippen LogP contribution in [-0.4, -0.2) is 110 Å². The molecule has 0 aliphatic carbocycles. The zero-order valence-electron chi connectivity index (χ0n) is 80.7. The molecule has 0 saturated carbocycles. The first-order valence-corrected chi connectivity index (χ1v) is 49.5. The van der Waals surface area contributed by atoms with Gasteiger partial charge >= 0.3 is 0 Å². The summed E-state index contributed by atoms with van der Waals surface area (Å²) in [6, 6.07) is 41.2. The Morgan fingerprint density at radius 3 is 0.979 bits per heavy atom. The molecule has 13 heterocycles. The van der Waals surface area contributed by atoms with Crippen molar-refractivity contribution >= 4 is 199 Å². The predicted octanol–water partition coefficient (Wildman–Crippen LogP) is 18.1. The molecule has 0 bridgehead atoms. The van der Waals surface area contributed by atoms with Gasteiger partial charge in [-0.15, -0.1) is 98.6 Å². The summed E-state index contributed by atoms with van der Waals surface area (Å²) in [6.45, 7) is 31.1. The zero-order chi connectivity index (χ0) is 102. The number of aryl methyl sites for hydroxylation is 15. The Balaban J connectivity index is 0.000000135. The van der Waals surface area contributed by atoms with Crippen molar-refractivity contribution in [3.05, 3.63) is 298 Å². The minimum Gasteiger partial charge on any atom is -0.497 e. The van der Waals surface area contributed by atoms with E-state index >= 15 is 0 Å². The summed E-state index contributed by atoms with van der Waals surface area (Å²) in [5, 5.41) is 71.2. The number of carbonyl (C=O) groups excluding carboxylic acids is 6. The second kappa shape index (κ2) is 44.8. The molecule has 18 aromatic rings. The third-order valence-electron chi connectivity index (χ3n) is 24.1. The van der Waals surface area contributed by atoms with E-state index in [4.69, 9.17) is 43.9 Å². The van der Waals surface area contributed by atoms with E-state index in [1.165, 1.54) is 85.2 Å². The Hall–Kier alpha value is -15.4. The SMILES string of the molecule is COc1ccc(CNC(=O)c2sc3nnc(C)c(C)c3c2N)cc1.Cc1ccc(F)c(CNC(=O)c2sc3nnc(C)c(C)c3c2N)c1.Cc1cccc(CNC(=O)c2sc3nnc(C)c(C)c3c2N)c1.Cc1cccc(CNC(=O)c2sc3nnc(C)c(C)c3c2N)c1F.Cc1nnc2sc(C(=O)NCc3ccc4c(c3)CCO4)c(N)c2c1C.Cc1nnc2sc(C(=O)NCc3ccccc3)c(N)c2c1C. The van der Waals surface area contributed by atoms with Crippen LogP contribution >= 0.6 is 68.0 Å². The first-order valence-electron chi connectivity index (χ1n) is 44.6. The van der Waals surface area contributed by atoms with Crippen molar-refractivity contribution in [1.82, 2.24) is 93.1 Å². The number of thiophene rings is 6. The van der Waals surface area contributed by atoms with E-state index in [1.807, 2.05) is 188 Å². The third-order valence-corrected chi connectivity index (χ3v) is 30.6. The highest BCUT2D eigenvalue weighted by atomic mass is 32.1. The summed E-state index contributed by atoms with van der Waals surface area (Å²) in [5.74, 6) is -0.358. The average Bonchev–Trinajstić information content (AvgIpc) is 1.65. The number of anilines is 6. The summed E-state index contributed by atoms with van der Waals surface area (Å²) in [6.07, 6.45) is 0.914. The van der Waals surface area contributed by atoms with E-state index in [-0.39, 0.29) is 60.2 Å². The first-order chi connectivity index (χ1) is 67.9. The van der Waals surface area contributed by atoms with E-state index in [1.54, 1.807) is 44.4 Å². The van der Waals surface area contributed by atoms with Crippen LogP contribution in [0.3, 0.4) is 0 Å². The molecule has 1 aliphatic heterocycles. The highest BCUT2D eigenvalue weighted by Gasteiger charge is 2.28. The number of hydrogen-bond acceptors (Lipinski definition) is 32. The number of ether oxygens (including phenoxy) is 2. The minimum atomic E-state index is -0.345. The molecular weight excluding hydrogens is 1920 g/mol. The van der Waals surface area contributed by atoms with E-state index in [9.17, 15) is 37.5 Å². The van der Waals surface area contributed by atoms with Gasteiger partial charge in [-0.05, 0) is 195 Å². The van der Waals surface area contributed by atoms with Crippen LogP contribution in [0.4, 0.5) is 42.9 Å². The second-order valence-electron chi connectivity index (χ2n) is 33.7. The van der Waals surface area contributed by atoms with E-state index < -0.39 is 0 Å². The van der Waals surface area contributed by atoms with Gasteiger partial charge in [-0.3, -0.25) is 28.8 Å². The third kappa shape index (κ3) is 22.9. The molecule has 19 rings (SSSR count). The van der Waals surface area contributed by atoms with E-state index in [0.29, 0.717) is 135 Å². The van der Waals surface area contributed by atoms with Crippen molar-refractivity contribution in [2.75, 3.05) is 48.1 Å². The van der Waals surface area contributed by atoms with Gasteiger partial charge in [-0.2, -0.15) is 30.6 Å². The van der Waals surface area contributed by atoms with Crippen LogP contribution in [-0.2, 0) is 45.7 Å². The van der Waals surface area contributed by atoms with Gasteiger partial charge in [0.2, 0.25) is 0 Å². The molecule has 40 heteroatoms. The fourth-order valence-corrected chi connectivity index (χ4v) is 21.3. The smallest absolute Gasteiger partial charge is 0.263 e. The number of nitrogens with two attached hydrogens (primary N) is 6. The molecule has 6 amide bonds. The monoisotopic (exact) mass is 2020 g/mol. The maximum absolute atomic E-state index is 14.0. The van der Waals surface area contributed by atoms with Gasteiger partial charge in [0.25, 0.3) is 35.4 Å². The van der Waals surface area contributed by atoms with Crippen LogP contribution in [0.25, 0.3) is 61.3 Å². The molecule has 0 atom stereocenters. The molecule has 0 saturated heterocycles. The Labute approximate surface area is 839 Å². The lowest BCUT2D eigenvalue weighted by Crippen LogP contribution is -2.23. The van der Waals surface area contributed by atoms with Crippen LogP contribution in [0, 0.1) is 115 Å². The number of halogens is 2. The quantitative estimate of drug-likeness (QED) is 0.0358. The topological polar surface area (TPSA) is 504 Å². The van der Waals surface area contributed by atoms with Crippen LogP contribution in [0.2, 0.25) is 0 Å².